The van der Waals surface area contributed by atoms with Crippen molar-refractivity contribution in [3.8, 4) is 0 Å². The Morgan fingerprint density at radius 3 is 2.79 bits per heavy atom. The minimum Gasteiger partial charge on any atom is -0.342 e. The molecule has 1 aromatic rings. The van der Waals surface area contributed by atoms with E-state index in [0.717, 1.165) is 22.4 Å². The van der Waals surface area contributed by atoms with Crippen molar-refractivity contribution in [3.05, 3.63) is 20.8 Å². The van der Waals surface area contributed by atoms with Crippen molar-refractivity contribution in [1.29, 1.82) is 0 Å². The normalized spacial score (nSPS) is 16.2. The molecule has 4 heteroatoms. The van der Waals surface area contributed by atoms with Crippen LogP contribution in [0.25, 0.3) is 0 Å². The number of hydrogen-bond acceptors (Lipinski definition) is 2. The highest BCUT2D eigenvalue weighted by Gasteiger charge is 2.18. The Balaban J connectivity index is 1.93. The van der Waals surface area contributed by atoms with Crippen molar-refractivity contribution in [2.45, 2.75) is 19.3 Å². The van der Waals surface area contributed by atoms with Crippen LogP contribution in [-0.4, -0.2) is 23.9 Å². The van der Waals surface area contributed by atoms with Gasteiger partial charge in [0.05, 0.1) is 6.42 Å². The first-order valence-electron chi connectivity index (χ1n) is 4.76. The molecule has 76 valence electrons. The average Bonchev–Trinajstić information content (AvgIpc) is 2.75. The van der Waals surface area contributed by atoms with E-state index in [-0.39, 0.29) is 5.91 Å². The number of carbonyl (C=O) groups is 1. The highest BCUT2D eigenvalue weighted by molar-refractivity contribution is 9.10. The monoisotopic (exact) mass is 273 g/mol. The summed E-state index contributed by atoms with van der Waals surface area (Å²) in [4.78, 5) is 14.9. The van der Waals surface area contributed by atoms with Crippen molar-refractivity contribution in [3.63, 3.8) is 0 Å². The summed E-state index contributed by atoms with van der Waals surface area (Å²) in [6, 6.07) is 2.03. The van der Waals surface area contributed by atoms with E-state index in [0.29, 0.717) is 6.42 Å². The van der Waals surface area contributed by atoms with Crippen LogP contribution in [-0.2, 0) is 11.2 Å². The van der Waals surface area contributed by atoms with Crippen LogP contribution in [0.15, 0.2) is 15.9 Å². The van der Waals surface area contributed by atoms with E-state index in [2.05, 4.69) is 15.9 Å². The van der Waals surface area contributed by atoms with Gasteiger partial charge in [0.15, 0.2) is 0 Å². The number of nitrogens with zero attached hydrogens (tertiary/aromatic N) is 1. The Kier molecular flexibility index (Phi) is 3.23. The van der Waals surface area contributed by atoms with Crippen molar-refractivity contribution in [2.24, 2.45) is 0 Å². The lowest BCUT2D eigenvalue weighted by Crippen LogP contribution is -2.28. The molecule has 1 fully saturated rings. The maximum atomic E-state index is 11.7. The molecule has 0 unspecified atom stereocenters. The van der Waals surface area contributed by atoms with Gasteiger partial charge in [0.1, 0.15) is 0 Å². The van der Waals surface area contributed by atoms with Crippen molar-refractivity contribution in [1.82, 2.24) is 4.90 Å². The molecule has 0 aliphatic carbocycles. The first kappa shape index (κ1) is 10.2. The van der Waals surface area contributed by atoms with Gasteiger partial charge in [-0.2, -0.15) is 0 Å². The lowest BCUT2D eigenvalue weighted by Gasteiger charge is -2.13. The quantitative estimate of drug-likeness (QED) is 0.812. The second kappa shape index (κ2) is 4.45. The molecule has 1 aliphatic rings. The first-order valence-corrected chi connectivity index (χ1v) is 6.43. The molecule has 0 spiro atoms. The zero-order valence-corrected chi connectivity index (χ0v) is 10.2. The van der Waals surface area contributed by atoms with Crippen LogP contribution in [0, 0.1) is 0 Å². The zero-order valence-electron chi connectivity index (χ0n) is 7.83. The summed E-state index contributed by atoms with van der Waals surface area (Å²) in [6.07, 6.45) is 2.90. The molecule has 2 heterocycles. The van der Waals surface area contributed by atoms with Crippen LogP contribution in [0.5, 0.6) is 0 Å². The van der Waals surface area contributed by atoms with E-state index in [9.17, 15) is 4.79 Å². The number of thiophene rings is 1. The fraction of sp³-hybridized carbons (Fsp3) is 0.500. The fourth-order valence-electron chi connectivity index (χ4n) is 1.67. The van der Waals surface area contributed by atoms with Gasteiger partial charge >= 0.3 is 0 Å². The Morgan fingerprint density at radius 2 is 2.21 bits per heavy atom. The predicted octanol–water partition coefficient (Wildman–Crippen LogP) is 2.68. The van der Waals surface area contributed by atoms with Crippen molar-refractivity contribution < 1.29 is 4.79 Å². The van der Waals surface area contributed by atoms with E-state index in [4.69, 9.17) is 0 Å². The topological polar surface area (TPSA) is 20.3 Å². The Morgan fingerprint density at radius 1 is 1.50 bits per heavy atom. The molecule has 1 aromatic heterocycles. The van der Waals surface area contributed by atoms with Crippen LogP contribution in [0.3, 0.4) is 0 Å². The van der Waals surface area contributed by atoms with E-state index < -0.39 is 0 Å². The smallest absolute Gasteiger partial charge is 0.227 e. The minimum atomic E-state index is 0.275. The predicted molar refractivity (Wildman–Crippen MR) is 61.5 cm³/mol. The van der Waals surface area contributed by atoms with Crippen LogP contribution < -0.4 is 0 Å². The van der Waals surface area contributed by atoms with Gasteiger partial charge in [0.2, 0.25) is 5.91 Å². The average molecular weight is 274 g/mol. The van der Waals surface area contributed by atoms with E-state index >= 15 is 0 Å². The molecule has 0 atom stereocenters. The molecule has 1 aliphatic heterocycles. The molecule has 2 rings (SSSR count). The van der Waals surface area contributed by atoms with Gasteiger partial charge in [0, 0.05) is 27.8 Å². The molecule has 1 saturated heterocycles. The molecule has 2 nitrogen and oxygen atoms in total. The summed E-state index contributed by atoms with van der Waals surface area (Å²) in [6.45, 7) is 1.90. The number of rotatable bonds is 2. The molecule has 0 radical (unpaired) electrons. The molecule has 0 N–H and O–H groups in total. The molecular formula is C10H12BrNOS. The minimum absolute atomic E-state index is 0.275. The molecule has 0 bridgehead atoms. The number of halogens is 1. The lowest BCUT2D eigenvalue weighted by atomic mass is 10.3. The maximum Gasteiger partial charge on any atom is 0.227 e. The van der Waals surface area contributed by atoms with Crippen molar-refractivity contribution >= 4 is 33.2 Å². The Hall–Kier alpha value is -0.350. The number of likely N-dealkylation sites (tertiary alicyclic amines) is 1. The summed E-state index contributed by atoms with van der Waals surface area (Å²) >= 11 is 5.03. The standard InChI is InChI=1S/C10H12BrNOS/c11-8-5-9(14-7-8)6-10(13)12-3-1-2-4-12/h5,7H,1-4,6H2. The number of amides is 1. The number of hydrogen-bond donors (Lipinski definition) is 0. The maximum absolute atomic E-state index is 11.7. The summed E-state index contributed by atoms with van der Waals surface area (Å²) in [7, 11) is 0. The highest BCUT2D eigenvalue weighted by Crippen LogP contribution is 2.21. The lowest BCUT2D eigenvalue weighted by molar-refractivity contribution is -0.129. The molecule has 1 amide bonds. The molecule has 0 aromatic carbocycles. The summed E-state index contributed by atoms with van der Waals surface area (Å²) in [5.74, 6) is 0.275. The third-order valence-corrected chi connectivity index (χ3v) is 4.10. The Bertz CT molecular complexity index is 331. The van der Waals surface area contributed by atoms with Gasteiger partial charge in [-0.3, -0.25) is 4.79 Å². The second-order valence-corrected chi connectivity index (χ2v) is 5.41. The van der Waals surface area contributed by atoms with Gasteiger partial charge in [-0.25, -0.2) is 0 Å². The van der Waals surface area contributed by atoms with Gasteiger partial charge < -0.3 is 4.90 Å². The summed E-state index contributed by atoms with van der Waals surface area (Å²) < 4.78 is 1.08. The van der Waals surface area contributed by atoms with Crippen LogP contribution in [0.1, 0.15) is 17.7 Å². The largest absolute Gasteiger partial charge is 0.342 e. The van der Waals surface area contributed by atoms with E-state index in [1.165, 1.54) is 12.8 Å². The third-order valence-electron chi connectivity index (χ3n) is 2.41. The molecule has 14 heavy (non-hydrogen) atoms. The van der Waals surface area contributed by atoms with Gasteiger partial charge in [-0.05, 0) is 34.8 Å². The fourth-order valence-corrected chi connectivity index (χ4v) is 3.12. The second-order valence-electron chi connectivity index (χ2n) is 3.50. The highest BCUT2D eigenvalue weighted by atomic mass is 79.9. The van der Waals surface area contributed by atoms with Crippen molar-refractivity contribution in [2.75, 3.05) is 13.1 Å². The van der Waals surface area contributed by atoms with Crippen LogP contribution in [0.4, 0.5) is 0 Å². The summed E-state index contributed by atoms with van der Waals surface area (Å²) in [5, 5.41) is 2.02. The van der Waals surface area contributed by atoms with Gasteiger partial charge in [0.25, 0.3) is 0 Å². The molecule has 0 saturated carbocycles. The van der Waals surface area contributed by atoms with Gasteiger partial charge in [-0.15, -0.1) is 11.3 Å². The first-order chi connectivity index (χ1) is 6.75. The number of carbonyl (C=O) groups excluding carboxylic acids is 1. The van der Waals surface area contributed by atoms with Gasteiger partial charge in [-0.1, -0.05) is 0 Å². The zero-order chi connectivity index (χ0) is 9.97. The summed E-state index contributed by atoms with van der Waals surface area (Å²) in [5.41, 5.74) is 0. The SMILES string of the molecule is O=C(Cc1cc(Br)cs1)N1CCCC1. The van der Waals surface area contributed by atoms with E-state index in [1.54, 1.807) is 11.3 Å². The van der Waals surface area contributed by atoms with Crippen LogP contribution >= 0.6 is 27.3 Å². The van der Waals surface area contributed by atoms with E-state index in [1.807, 2.05) is 16.3 Å². The molecular weight excluding hydrogens is 262 g/mol. The Labute approximate surface area is 96.0 Å². The third kappa shape index (κ3) is 2.36. The van der Waals surface area contributed by atoms with Crippen LogP contribution in [0.2, 0.25) is 0 Å².